The molecule has 150 valence electrons. The number of methoxy groups -OCH3 is 1. The van der Waals surface area contributed by atoms with Crippen LogP contribution < -0.4 is 4.74 Å². The standard InChI is InChI=1S/C26H28O3/c1-29-24-13-18(3-2-17-4-7-22(8-5-17)25(27)28)6-9-23(24)26-14-19-10-20(15-26)12-21(11-19)16-26/h2-9,13,19-21H,10-12,14-16H2,1H3,(H,27,28)/b3-2+. The highest BCUT2D eigenvalue weighted by molar-refractivity contribution is 5.88. The van der Waals surface area contributed by atoms with Crippen LogP contribution in [0, 0.1) is 17.8 Å². The van der Waals surface area contributed by atoms with E-state index in [2.05, 4.69) is 24.3 Å². The molecule has 2 aromatic rings. The first-order chi connectivity index (χ1) is 14.0. The molecule has 0 amide bonds. The summed E-state index contributed by atoms with van der Waals surface area (Å²) in [5.41, 5.74) is 4.15. The van der Waals surface area contributed by atoms with Crippen LogP contribution in [-0.2, 0) is 5.41 Å². The molecule has 0 heterocycles. The smallest absolute Gasteiger partial charge is 0.335 e. The molecule has 4 saturated carbocycles. The number of benzene rings is 2. The summed E-state index contributed by atoms with van der Waals surface area (Å²) in [6.07, 6.45) is 12.4. The largest absolute Gasteiger partial charge is 0.496 e. The lowest BCUT2D eigenvalue weighted by molar-refractivity contribution is -0.00615. The second-order valence-corrected chi connectivity index (χ2v) is 9.42. The fourth-order valence-corrected chi connectivity index (χ4v) is 6.62. The van der Waals surface area contributed by atoms with Crippen LogP contribution in [0.3, 0.4) is 0 Å². The first-order valence-electron chi connectivity index (χ1n) is 10.7. The lowest BCUT2D eigenvalue weighted by Crippen LogP contribution is -2.48. The fraction of sp³-hybridized carbons (Fsp3) is 0.423. The Hall–Kier alpha value is -2.55. The minimum absolute atomic E-state index is 0.309. The maximum atomic E-state index is 11.0. The Morgan fingerprint density at radius 3 is 2.03 bits per heavy atom. The number of carbonyl (C=O) groups is 1. The Labute approximate surface area is 172 Å². The number of hydrogen-bond acceptors (Lipinski definition) is 2. The Kier molecular flexibility index (Phi) is 4.49. The molecule has 4 fully saturated rings. The maximum absolute atomic E-state index is 11.0. The second kappa shape index (κ2) is 7.05. The van der Waals surface area contributed by atoms with E-state index in [1.165, 1.54) is 44.1 Å². The van der Waals surface area contributed by atoms with Crippen molar-refractivity contribution in [2.45, 2.75) is 43.9 Å². The van der Waals surface area contributed by atoms with Gasteiger partial charge < -0.3 is 9.84 Å². The molecule has 0 saturated heterocycles. The summed E-state index contributed by atoms with van der Waals surface area (Å²) < 4.78 is 5.87. The van der Waals surface area contributed by atoms with E-state index in [0.29, 0.717) is 11.0 Å². The van der Waals surface area contributed by atoms with Crippen molar-refractivity contribution in [1.29, 1.82) is 0 Å². The molecular weight excluding hydrogens is 360 g/mol. The lowest BCUT2D eigenvalue weighted by Gasteiger charge is -2.57. The maximum Gasteiger partial charge on any atom is 0.335 e. The Balaban J connectivity index is 1.40. The van der Waals surface area contributed by atoms with Crippen molar-refractivity contribution < 1.29 is 14.6 Å². The summed E-state index contributed by atoms with van der Waals surface area (Å²) in [7, 11) is 1.79. The van der Waals surface area contributed by atoms with E-state index < -0.39 is 5.97 Å². The molecule has 0 atom stereocenters. The molecule has 2 aromatic carbocycles. The molecule has 4 aliphatic carbocycles. The Bertz CT molecular complexity index is 919. The van der Waals surface area contributed by atoms with Crippen LogP contribution in [0.2, 0.25) is 0 Å². The molecule has 3 nitrogen and oxygen atoms in total. The van der Waals surface area contributed by atoms with Gasteiger partial charge in [0, 0.05) is 5.56 Å². The summed E-state index contributed by atoms with van der Waals surface area (Å²) in [5.74, 6) is 2.87. The van der Waals surface area contributed by atoms with Crippen molar-refractivity contribution in [2.24, 2.45) is 17.8 Å². The average molecular weight is 389 g/mol. The van der Waals surface area contributed by atoms with Gasteiger partial charge in [0.1, 0.15) is 5.75 Å². The van der Waals surface area contributed by atoms with Gasteiger partial charge in [-0.1, -0.05) is 36.4 Å². The van der Waals surface area contributed by atoms with Crippen LogP contribution in [0.4, 0.5) is 0 Å². The van der Waals surface area contributed by atoms with Crippen LogP contribution >= 0.6 is 0 Å². The SMILES string of the molecule is COc1cc(/C=C/c2ccc(C(=O)O)cc2)ccc1C12CC3CC(CC(C3)C1)C2. The minimum Gasteiger partial charge on any atom is -0.496 e. The molecule has 0 aliphatic heterocycles. The summed E-state index contributed by atoms with van der Waals surface area (Å²) in [5, 5.41) is 9.02. The van der Waals surface area contributed by atoms with Gasteiger partial charge in [-0.2, -0.15) is 0 Å². The van der Waals surface area contributed by atoms with Crippen molar-refractivity contribution in [2.75, 3.05) is 7.11 Å². The second-order valence-electron chi connectivity index (χ2n) is 9.42. The molecule has 3 heteroatoms. The lowest BCUT2D eigenvalue weighted by atomic mass is 9.48. The number of carboxylic acid groups (broad SMARTS) is 1. The predicted octanol–water partition coefficient (Wildman–Crippen LogP) is 6.03. The highest BCUT2D eigenvalue weighted by Gasteiger charge is 2.52. The zero-order chi connectivity index (χ0) is 20.0. The number of ether oxygens (including phenoxy) is 1. The minimum atomic E-state index is -0.898. The number of carboxylic acids is 1. The van der Waals surface area contributed by atoms with Crippen LogP contribution in [0.15, 0.2) is 42.5 Å². The van der Waals surface area contributed by atoms with Gasteiger partial charge in [-0.3, -0.25) is 0 Å². The fourth-order valence-electron chi connectivity index (χ4n) is 6.62. The molecule has 4 bridgehead atoms. The molecule has 29 heavy (non-hydrogen) atoms. The molecule has 4 aliphatic rings. The third kappa shape index (κ3) is 3.37. The van der Waals surface area contributed by atoms with Gasteiger partial charge in [0.05, 0.1) is 12.7 Å². The first kappa shape index (κ1) is 18.5. The molecule has 0 unspecified atom stereocenters. The zero-order valence-corrected chi connectivity index (χ0v) is 16.9. The summed E-state index contributed by atoms with van der Waals surface area (Å²) >= 11 is 0. The zero-order valence-electron chi connectivity index (χ0n) is 16.9. The van der Waals surface area contributed by atoms with E-state index in [9.17, 15) is 4.79 Å². The first-order valence-corrected chi connectivity index (χ1v) is 10.7. The molecule has 0 spiro atoms. The van der Waals surface area contributed by atoms with Gasteiger partial charge in [0.15, 0.2) is 0 Å². The number of rotatable bonds is 5. The van der Waals surface area contributed by atoms with Crippen LogP contribution in [0.25, 0.3) is 12.2 Å². The molecule has 1 N–H and O–H groups in total. The highest BCUT2D eigenvalue weighted by Crippen LogP contribution is 2.61. The highest BCUT2D eigenvalue weighted by atomic mass is 16.5. The third-order valence-electron chi connectivity index (χ3n) is 7.46. The van der Waals surface area contributed by atoms with Gasteiger partial charge in [-0.05, 0) is 91.0 Å². The van der Waals surface area contributed by atoms with Crippen LogP contribution in [-0.4, -0.2) is 18.2 Å². The topological polar surface area (TPSA) is 46.5 Å². The Morgan fingerprint density at radius 1 is 0.931 bits per heavy atom. The third-order valence-corrected chi connectivity index (χ3v) is 7.46. The van der Waals surface area contributed by atoms with E-state index in [4.69, 9.17) is 9.84 Å². The van der Waals surface area contributed by atoms with E-state index >= 15 is 0 Å². The Morgan fingerprint density at radius 2 is 1.48 bits per heavy atom. The molecule has 0 aromatic heterocycles. The van der Waals surface area contributed by atoms with Gasteiger partial charge in [-0.25, -0.2) is 4.79 Å². The van der Waals surface area contributed by atoms with Crippen LogP contribution in [0.5, 0.6) is 5.75 Å². The van der Waals surface area contributed by atoms with Crippen molar-refractivity contribution in [1.82, 2.24) is 0 Å². The molecular formula is C26H28O3. The van der Waals surface area contributed by atoms with Crippen molar-refractivity contribution in [3.8, 4) is 5.75 Å². The predicted molar refractivity (Wildman–Crippen MR) is 115 cm³/mol. The van der Waals surface area contributed by atoms with E-state index in [-0.39, 0.29) is 0 Å². The van der Waals surface area contributed by atoms with E-state index in [1.54, 1.807) is 19.2 Å². The summed E-state index contributed by atoms with van der Waals surface area (Å²) in [4.78, 5) is 11.0. The van der Waals surface area contributed by atoms with Crippen molar-refractivity contribution >= 4 is 18.1 Å². The van der Waals surface area contributed by atoms with Gasteiger partial charge in [0.2, 0.25) is 0 Å². The molecule has 0 radical (unpaired) electrons. The van der Waals surface area contributed by atoms with E-state index in [0.717, 1.165) is 34.6 Å². The number of aromatic carboxylic acids is 1. The van der Waals surface area contributed by atoms with Crippen LogP contribution in [0.1, 0.15) is 65.6 Å². The quantitative estimate of drug-likeness (QED) is 0.636. The summed E-state index contributed by atoms with van der Waals surface area (Å²) in [6, 6.07) is 13.6. The van der Waals surface area contributed by atoms with E-state index in [1.807, 2.05) is 18.2 Å². The normalized spacial score (nSPS) is 30.0. The average Bonchev–Trinajstić information content (AvgIpc) is 2.71. The van der Waals surface area contributed by atoms with Gasteiger partial charge >= 0.3 is 5.97 Å². The molecule has 6 rings (SSSR count). The van der Waals surface area contributed by atoms with Crippen molar-refractivity contribution in [3.05, 3.63) is 64.7 Å². The monoisotopic (exact) mass is 388 g/mol. The van der Waals surface area contributed by atoms with Crippen molar-refractivity contribution in [3.63, 3.8) is 0 Å². The summed E-state index contributed by atoms with van der Waals surface area (Å²) in [6.45, 7) is 0. The number of hydrogen-bond donors (Lipinski definition) is 1. The van der Waals surface area contributed by atoms with Gasteiger partial charge in [0.25, 0.3) is 0 Å². The van der Waals surface area contributed by atoms with Gasteiger partial charge in [-0.15, -0.1) is 0 Å².